The molecule has 1 saturated carbocycles. The zero-order valence-corrected chi connectivity index (χ0v) is 11.0. The van der Waals surface area contributed by atoms with Crippen LogP contribution in [-0.4, -0.2) is 46.4 Å². The van der Waals surface area contributed by atoms with Crippen LogP contribution in [0.5, 0.6) is 0 Å². The topological polar surface area (TPSA) is 136 Å². The molecule has 7 heteroatoms. The first-order chi connectivity index (χ1) is 8.82. The maximum atomic E-state index is 11.9. The van der Waals surface area contributed by atoms with Gasteiger partial charge in [-0.15, -0.1) is 0 Å². The summed E-state index contributed by atoms with van der Waals surface area (Å²) in [6.45, 7) is 1.75. The van der Waals surface area contributed by atoms with Crippen molar-refractivity contribution in [3.63, 3.8) is 0 Å². The van der Waals surface area contributed by atoms with Gasteiger partial charge in [-0.3, -0.25) is 0 Å². The summed E-state index contributed by atoms with van der Waals surface area (Å²) in [5.74, 6) is -2.26. The molecule has 0 bridgehead atoms. The summed E-state index contributed by atoms with van der Waals surface area (Å²) in [5.41, 5.74) is 8.60. The number of rotatable bonds is 5. The van der Waals surface area contributed by atoms with Gasteiger partial charge in [0.05, 0.1) is 6.10 Å². The molecule has 1 rings (SSSR count). The molecule has 6 N–H and O–H groups in total. The number of esters is 1. The third kappa shape index (κ3) is 3.43. The minimum absolute atomic E-state index is 0.351. The molecule has 0 heterocycles. The minimum Gasteiger partial charge on any atom is -0.479 e. The van der Waals surface area contributed by atoms with Crippen LogP contribution in [0.3, 0.4) is 0 Å². The van der Waals surface area contributed by atoms with E-state index in [9.17, 15) is 14.7 Å². The first-order valence-corrected chi connectivity index (χ1v) is 6.43. The zero-order chi connectivity index (χ0) is 14.6. The van der Waals surface area contributed by atoms with Gasteiger partial charge in [0.2, 0.25) is 5.54 Å². The second-order valence-corrected chi connectivity index (χ2v) is 5.13. The van der Waals surface area contributed by atoms with E-state index in [-0.39, 0.29) is 6.10 Å². The number of hydrogen-bond donors (Lipinski definition) is 4. The number of aliphatic hydroxyl groups is 1. The predicted octanol–water partition coefficient (Wildman–Crippen LogP) is -0.790. The quantitative estimate of drug-likeness (QED) is 0.381. The van der Waals surface area contributed by atoms with E-state index < -0.39 is 23.6 Å². The van der Waals surface area contributed by atoms with Crippen molar-refractivity contribution in [1.29, 1.82) is 0 Å². The van der Waals surface area contributed by atoms with Crippen molar-refractivity contribution in [2.75, 3.05) is 6.54 Å². The number of carbonyl (C=O) groups is 2. The second-order valence-electron chi connectivity index (χ2n) is 5.13. The number of aliphatic hydroxyl groups excluding tert-OH is 1. The molecule has 0 aromatic heterocycles. The molecule has 0 radical (unpaired) electrons. The molecule has 0 amide bonds. The van der Waals surface area contributed by atoms with Gasteiger partial charge in [0, 0.05) is 0 Å². The number of carboxylic acids is 1. The van der Waals surface area contributed by atoms with Crippen molar-refractivity contribution in [2.24, 2.45) is 17.4 Å². The molecular formula is C12H22N2O5. The lowest BCUT2D eigenvalue weighted by Crippen LogP contribution is -2.63. The molecule has 19 heavy (non-hydrogen) atoms. The third-order valence-electron chi connectivity index (χ3n) is 3.75. The van der Waals surface area contributed by atoms with Gasteiger partial charge < -0.3 is 26.4 Å². The van der Waals surface area contributed by atoms with Crippen LogP contribution in [0.1, 0.15) is 32.6 Å². The Balaban J connectivity index is 2.62. The first kappa shape index (κ1) is 15.9. The van der Waals surface area contributed by atoms with E-state index in [1.165, 1.54) is 0 Å². The molecule has 1 aliphatic carbocycles. The molecule has 0 saturated heterocycles. The Morgan fingerprint density at radius 1 is 1.37 bits per heavy atom. The van der Waals surface area contributed by atoms with E-state index >= 15 is 0 Å². The van der Waals surface area contributed by atoms with Crippen LogP contribution in [0, 0.1) is 5.92 Å². The average Bonchev–Trinajstić information content (AvgIpc) is 2.37. The van der Waals surface area contributed by atoms with E-state index in [0.29, 0.717) is 25.3 Å². The average molecular weight is 274 g/mol. The van der Waals surface area contributed by atoms with Crippen molar-refractivity contribution < 1.29 is 24.5 Å². The van der Waals surface area contributed by atoms with Gasteiger partial charge in [0.15, 0.2) is 0 Å². The van der Waals surface area contributed by atoms with Crippen LogP contribution in [0.4, 0.5) is 0 Å². The molecule has 0 aliphatic heterocycles. The molecule has 7 nitrogen and oxygen atoms in total. The predicted molar refractivity (Wildman–Crippen MR) is 67.1 cm³/mol. The van der Waals surface area contributed by atoms with Crippen molar-refractivity contribution in [1.82, 2.24) is 0 Å². The Labute approximate surface area is 111 Å². The van der Waals surface area contributed by atoms with Gasteiger partial charge in [-0.1, -0.05) is 0 Å². The number of aliphatic carboxylic acids is 1. The van der Waals surface area contributed by atoms with Crippen LogP contribution in [-0.2, 0) is 14.3 Å². The Morgan fingerprint density at radius 2 is 1.89 bits per heavy atom. The van der Waals surface area contributed by atoms with Gasteiger partial charge in [-0.25, -0.2) is 9.59 Å². The van der Waals surface area contributed by atoms with Gasteiger partial charge in [-0.2, -0.15) is 0 Å². The Bertz CT molecular complexity index is 339. The molecule has 0 aromatic rings. The van der Waals surface area contributed by atoms with Crippen LogP contribution < -0.4 is 11.5 Å². The van der Waals surface area contributed by atoms with Gasteiger partial charge >= 0.3 is 11.9 Å². The SMILES string of the molecule is CC(O)[C@@](N)(C(=O)O)C(=O)OC1CCC(CN)CC1. The fourth-order valence-corrected chi connectivity index (χ4v) is 2.17. The number of carboxylic acid groups (broad SMARTS) is 1. The van der Waals surface area contributed by atoms with Crippen LogP contribution >= 0.6 is 0 Å². The summed E-state index contributed by atoms with van der Waals surface area (Å²) in [4.78, 5) is 22.9. The maximum Gasteiger partial charge on any atom is 0.340 e. The van der Waals surface area contributed by atoms with Gasteiger partial charge in [0.1, 0.15) is 6.10 Å². The summed E-state index contributed by atoms with van der Waals surface area (Å²) in [6.07, 6.45) is 1.09. The lowest BCUT2D eigenvalue weighted by molar-refractivity contribution is -0.171. The highest BCUT2D eigenvalue weighted by molar-refractivity contribution is 6.04. The van der Waals surface area contributed by atoms with Crippen LogP contribution in [0.25, 0.3) is 0 Å². The van der Waals surface area contributed by atoms with Gasteiger partial charge in [-0.05, 0) is 45.1 Å². The number of hydrogen-bond acceptors (Lipinski definition) is 6. The molecule has 0 aromatic carbocycles. The Hall–Kier alpha value is -1.18. The number of carbonyl (C=O) groups excluding carboxylic acids is 1. The fraction of sp³-hybridized carbons (Fsp3) is 0.833. The van der Waals surface area contributed by atoms with E-state index in [2.05, 4.69) is 0 Å². The normalized spacial score (nSPS) is 28.2. The van der Waals surface area contributed by atoms with Gasteiger partial charge in [0.25, 0.3) is 0 Å². The summed E-state index contributed by atoms with van der Waals surface area (Å²) in [7, 11) is 0. The summed E-state index contributed by atoms with van der Waals surface area (Å²) < 4.78 is 5.13. The largest absolute Gasteiger partial charge is 0.479 e. The summed E-state index contributed by atoms with van der Waals surface area (Å²) in [5, 5.41) is 18.4. The van der Waals surface area contributed by atoms with Crippen molar-refractivity contribution in [3.05, 3.63) is 0 Å². The molecule has 2 atom stereocenters. The second kappa shape index (κ2) is 6.31. The standard InChI is InChI=1S/C12H22N2O5/c1-7(15)12(14,10(16)17)11(18)19-9-4-2-8(6-13)3-5-9/h7-9,15H,2-6,13-14H2,1H3,(H,16,17)/t7?,8?,9?,12-/m1/s1. The van der Waals surface area contributed by atoms with Crippen LogP contribution in [0.2, 0.25) is 0 Å². The van der Waals surface area contributed by atoms with Crippen LogP contribution in [0.15, 0.2) is 0 Å². The lowest BCUT2D eigenvalue weighted by atomic mass is 9.87. The Morgan fingerprint density at radius 3 is 2.26 bits per heavy atom. The van der Waals surface area contributed by atoms with E-state index in [1.807, 2.05) is 0 Å². The lowest BCUT2D eigenvalue weighted by Gasteiger charge is -2.31. The molecule has 1 fully saturated rings. The van der Waals surface area contributed by atoms with E-state index in [0.717, 1.165) is 19.8 Å². The fourth-order valence-electron chi connectivity index (χ4n) is 2.17. The highest BCUT2D eigenvalue weighted by Crippen LogP contribution is 2.26. The molecule has 1 unspecified atom stereocenters. The maximum absolute atomic E-state index is 11.9. The Kier molecular flexibility index (Phi) is 5.28. The summed E-state index contributed by atoms with van der Waals surface area (Å²) in [6, 6.07) is 0. The van der Waals surface area contributed by atoms with Crippen molar-refractivity contribution in [2.45, 2.75) is 50.4 Å². The highest BCUT2D eigenvalue weighted by Gasteiger charge is 2.49. The third-order valence-corrected chi connectivity index (χ3v) is 3.75. The molecule has 1 aliphatic rings. The van der Waals surface area contributed by atoms with Crippen molar-refractivity contribution in [3.8, 4) is 0 Å². The minimum atomic E-state index is -2.41. The smallest absolute Gasteiger partial charge is 0.340 e. The first-order valence-electron chi connectivity index (χ1n) is 6.43. The monoisotopic (exact) mass is 274 g/mol. The number of ether oxygens (including phenoxy) is 1. The molecular weight excluding hydrogens is 252 g/mol. The van der Waals surface area contributed by atoms with Crippen molar-refractivity contribution >= 4 is 11.9 Å². The number of nitrogens with two attached hydrogens (primary N) is 2. The van der Waals surface area contributed by atoms with E-state index in [4.69, 9.17) is 21.3 Å². The van der Waals surface area contributed by atoms with E-state index in [1.54, 1.807) is 0 Å². The zero-order valence-electron chi connectivity index (χ0n) is 11.0. The summed E-state index contributed by atoms with van der Waals surface area (Å²) >= 11 is 0. The molecule has 0 spiro atoms. The highest BCUT2D eigenvalue weighted by atomic mass is 16.5. The molecule has 110 valence electrons.